The monoisotopic (exact) mass is 172 g/mol. The molecule has 0 spiro atoms. The van der Waals surface area contributed by atoms with Gasteiger partial charge in [0.2, 0.25) is 0 Å². The lowest BCUT2D eigenvalue weighted by molar-refractivity contribution is 0.171. The summed E-state index contributed by atoms with van der Waals surface area (Å²) in [6.45, 7) is 7.82. The smallest absolute Gasteiger partial charge is 0.112 e. The summed E-state index contributed by atoms with van der Waals surface area (Å²) in [6.07, 6.45) is 5.45. The SMILES string of the molecule is CC.CCC1=CCC(C)(F)CC1. The second-order valence-corrected chi connectivity index (χ2v) is 3.33. The molecule has 1 aliphatic rings. The maximum Gasteiger partial charge on any atom is 0.112 e. The van der Waals surface area contributed by atoms with Crippen molar-refractivity contribution in [2.24, 2.45) is 0 Å². The van der Waals surface area contributed by atoms with Gasteiger partial charge in [-0.05, 0) is 32.6 Å². The molecule has 1 rings (SSSR count). The molecule has 1 unspecified atom stereocenters. The van der Waals surface area contributed by atoms with Gasteiger partial charge in [-0.3, -0.25) is 0 Å². The van der Waals surface area contributed by atoms with E-state index in [4.69, 9.17) is 0 Å². The Kier molecular flexibility index (Phi) is 5.19. The zero-order valence-corrected chi connectivity index (χ0v) is 8.78. The van der Waals surface area contributed by atoms with Crippen LogP contribution in [-0.4, -0.2) is 5.67 Å². The van der Waals surface area contributed by atoms with Crippen LogP contribution >= 0.6 is 0 Å². The summed E-state index contributed by atoms with van der Waals surface area (Å²) >= 11 is 0. The van der Waals surface area contributed by atoms with Crippen LogP contribution in [0.1, 0.15) is 53.4 Å². The van der Waals surface area contributed by atoms with Crippen molar-refractivity contribution in [2.75, 3.05) is 0 Å². The van der Waals surface area contributed by atoms with E-state index in [0.717, 1.165) is 12.8 Å². The lowest BCUT2D eigenvalue weighted by Gasteiger charge is -2.24. The topological polar surface area (TPSA) is 0 Å². The maximum atomic E-state index is 13.1. The lowest BCUT2D eigenvalue weighted by Crippen LogP contribution is -2.20. The highest BCUT2D eigenvalue weighted by Gasteiger charge is 2.24. The van der Waals surface area contributed by atoms with Gasteiger partial charge in [0, 0.05) is 0 Å². The van der Waals surface area contributed by atoms with Crippen molar-refractivity contribution in [3.8, 4) is 0 Å². The Morgan fingerprint density at radius 3 is 2.42 bits per heavy atom. The van der Waals surface area contributed by atoms with Crippen molar-refractivity contribution in [3.63, 3.8) is 0 Å². The van der Waals surface area contributed by atoms with E-state index in [2.05, 4.69) is 13.0 Å². The van der Waals surface area contributed by atoms with Gasteiger partial charge in [0.1, 0.15) is 5.67 Å². The summed E-state index contributed by atoms with van der Waals surface area (Å²) in [5, 5.41) is 0. The number of rotatable bonds is 1. The molecule has 0 amide bonds. The second kappa shape index (κ2) is 5.34. The molecule has 0 saturated heterocycles. The molecule has 1 aliphatic carbocycles. The van der Waals surface area contributed by atoms with Gasteiger partial charge in [-0.2, -0.15) is 0 Å². The quantitative estimate of drug-likeness (QED) is 0.518. The van der Waals surface area contributed by atoms with Crippen molar-refractivity contribution in [2.45, 2.75) is 59.0 Å². The Morgan fingerprint density at radius 2 is 2.08 bits per heavy atom. The highest BCUT2D eigenvalue weighted by Crippen LogP contribution is 2.31. The van der Waals surface area contributed by atoms with E-state index < -0.39 is 5.67 Å². The molecule has 1 heteroatoms. The molecule has 0 N–H and O–H groups in total. The molecule has 0 fully saturated rings. The summed E-state index contributed by atoms with van der Waals surface area (Å²) in [7, 11) is 0. The molecule has 0 radical (unpaired) electrons. The molecule has 0 aromatic heterocycles. The van der Waals surface area contributed by atoms with E-state index in [1.165, 1.54) is 5.57 Å². The van der Waals surface area contributed by atoms with Crippen molar-refractivity contribution in [1.82, 2.24) is 0 Å². The van der Waals surface area contributed by atoms with Gasteiger partial charge in [-0.1, -0.05) is 32.4 Å². The Labute approximate surface area is 75.9 Å². The molecule has 0 aliphatic heterocycles. The van der Waals surface area contributed by atoms with E-state index in [-0.39, 0.29) is 0 Å². The number of alkyl halides is 1. The van der Waals surface area contributed by atoms with E-state index in [9.17, 15) is 4.39 Å². The first-order valence-electron chi connectivity index (χ1n) is 5.01. The molecule has 0 aromatic carbocycles. The Hall–Kier alpha value is -0.330. The van der Waals surface area contributed by atoms with Crippen molar-refractivity contribution in [1.29, 1.82) is 0 Å². The lowest BCUT2D eigenvalue weighted by atomic mass is 9.88. The summed E-state index contributed by atoms with van der Waals surface area (Å²) < 4.78 is 13.1. The Morgan fingerprint density at radius 1 is 1.50 bits per heavy atom. The number of hydrogen-bond acceptors (Lipinski definition) is 0. The van der Waals surface area contributed by atoms with Gasteiger partial charge in [0.15, 0.2) is 0 Å². The minimum absolute atomic E-state index is 0.621. The van der Waals surface area contributed by atoms with Crippen molar-refractivity contribution >= 4 is 0 Å². The highest BCUT2D eigenvalue weighted by atomic mass is 19.1. The summed E-state index contributed by atoms with van der Waals surface area (Å²) in [5.41, 5.74) is 0.508. The first-order chi connectivity index (χ1) is 5.64. The summed E-state index contributed by atoms with van der Waals surface area (Å²) in [5.74, 6) is 0. The first-order valence-corrected chi connectivity index (χ1v) is 5.01. The third kappa shape index (κ3) is 3.89. The maximum absolute atomic E-state index is 13.1. The van der Waals surface area contributed by atoms with Crippen LogP contribution in [0, 0.1) is 0 Å². The van der Waals surface area contributed by atoms with Gasteiger partial charge in [-0.15, -0.1) is 0 Å². The van der Waals surface area contributed by atoms with Crippen LogP contribution in [-0.2, 0) is 0 Å². The number of allylic oxidation sites excluding steroid dienone is 2. The molecule has 12 heavy (non-hydrogen) atoms. The van der Waals surface area contributed by atoms with Crippen LogP contribution in [0.3, 0.4) is 0 Å². The molecule has 0 bridgehead atoms. The molecular formula is C11H21F. The predicted molar refractivity (Wildman–Crippen MR) is 53.1 cm³/mol. The van der Waals surface area contributed by atoms with Gasteiger partial charge < -0.3 is 0 Å². The minimum atomic E-state index is -0.918. The normalized spacial score (nSPS) is 28.6. The number of halogens is 1. The van der Waals surface area contributed by atoms with Gasteiger partial charge in [0.25, 0.3) is 0 Å². The first kappa shape index (κ1) is 11.7. The molecule has 0 heterocycles. The van der Waals surface area contributed by atoms with Crippen LogP contribution in [0.25, 0.3) is 0 Å². The van der Waals surface area contributed by atoms with Crippen molar-refractivity contribution in [3.05, 3.63) is 11.6 Å². The largest absolute Gasteiger partial charge is 0.244 e. The van der Waals surface area contributed by atoms with E-state index in [1.807, 2.05) is 13.8 Å². The molecule has 72 valence electrons. The van der Waals surface area contributed by atoms with Crippen LogP contribution in [0.15, 0.2) is 11.6 Å². The zero-order valence-electron chi connectivity index (χ0n) is 8.78. The standard InChI is InChI=1S/C9H15F.C2H6/c1-3-8-4-6-9(2,10)7-5-8;1-2/h4H,3,5-7H2,1-2H3;1-2H3. The van der Waals surface area contributed by atoms with Gasteiger partial charge in [-0.25, -0.2) is 4.39 Å². The van der Waals surface area contributed by atoms with E-state index >= 15 is 0 Å². The van der Waals surface area contributed by atoms with E-state index in [1.54, 1.807) is 6.92 Å². The van der Waals surface area contributed by atoms with Crippen LogP contribution < -0.4 is 0 Å². The molecule has 0 nitrogen and oxygen atoms in total. The molecule has 1 atom stereocenters. The van der Waals surface area contributed by atoms with Gasteiger partial charge in [0.05, 0.1) is 0 Å². The predicted octanol–water partition coefficient (Wildman–Crippen LogP) is 4.26. The third-order valence-electron chi connectivity index (χ3n) is 2.24. The van der Waals surface area contributed by atoms with Crippen LogP contribution in [0.2, 0.25) is 0 Å². The highest BCUT2D eigenvalue weighted by molar-refractivity contribution is 5.08. The fraction of sp³-hybridized carbons (Fsp3) is 0.818. The molecule has 0 aromatic rings. The fourth-order valence-corrected chi connectivity index (χ4v) is 1.30. The summed E-state index contributed by atoms with van der Waals surface area (Å²) in [6, 6.07) is 0. The Bertz CT molecular complexity index is 145. The molecule has 0 saturated carbocycles. The third-order valence-corrected chi connectivity index (χ3v) is 2.24. The Balaban J connectivity index is 0.000000561. The molecular weight excluding hydrogens is 151 g/mol. The van der Waals surface area contributed by atoms with Crippen molar-refractivity contribution < 1.29 is 4.39 Å². The number of hydrogen-bond donors (Lipinski definition) is 0. The summed E-state index contributed by atoms with van der Waals surface area (Å²) in [4.78, 5) is 0. The second-order valence-electron chi connectivity index (χ2n) is 3.33. The van der Waals surface area contributed by atoms with E-state index in [0.29, 0.717) is 12.8 Å². The average Bonchev–Trinajstić information content (AvgIpc) is 2.08. The minimum Gasteiger partial charge on any atom is -0.244 e. The average molecular weight is 172 g/mol. The zero-order chi connectivity index (χ0) is 9.61. The van der Waals surface area contributed by atoms with Gasteiger partial charge >= 0.3 is 0 Å². The van der Waals surface area contributed by atoms with Crippen LogP contribution in [0.5, 0.6) is 0 Å². The fourth-order valence-electron chi connectivity index (χ4n) is 1.30. The van der Waals surface area contributed by atoms with Crippen LogP contribution in [0.4, 0.5) is 4.39 Å².